The number of hydrogen-bond donors (Lipinski definition) is 0. The molecule has 0 heterocycles. The molecule has 0 fully saturated rings. The Morgan fingerprint density at radius 2 is 1.83 bits per heavy atom. The zero-order chi connectivity index (χ0) is 13.5. The molecule has 18 heavy (non-hydrogen) atoms. The maximum Gasteiger partial charge on any atom is -0.0228 e. The molecule has 0 aliphatic rings. The zero-order valence-corrected chi connectivity index (χ0v) is 12.2. The molecule has 0 bridgehead atoms. The van der Waals surface area contributed by atoms with Gasteiger partial charge >= 0.3 is 0 Å². The molecule has 0 saturated heterocycles. The summed E-state index contributed by atoms with van der Waals surface area (Å²) in [5, 5.41) is 0. The minimum atomic E-state index is 0.619. The maximum atomic E-state index is 4.05. The van der Waals surface area contributed by atoms with E-state index in [-0.39, 0.29) is 0 Å². The predicted molar refractivity (Wildman–Crippen MR) is 82.5 cm³/mol. The molecule has 0 aliphatic heterocycles. The second-order valence-corrected chi connectivity index (χ2v) is 5.47. The van der Waals surface area contributed by atoms with Gasteiger partial charge in [-0.25, -0.2) is 0 Å². The summed E-state index contributed by atoms with van der Waals surface area (Å²) in [5.41, 5.74) is 4.11. The van der Waals surface area contributed by atoms with E-state index in [0.717, 1.165) is 6.42 Å². The van der Waals surface area contributed by atoms with Crippen LogP contribution in [0.5, 0.6) is 0 Å². The SMILES string of the molecule is C=C(C)C(C)CC(C)C/C(=C\C)c1ccccc1. The smallest absolute Gasteiger partial charge is 0.0228 e. The highest BCUT2D eigenvalue weighted by atomic mass is 14.2. The lowest BCUT2D eigenvalue weighted by Crippen LogP contribution is -2.05. The summed E-state index contributed by atoms with van der Waals surface area (Å²) in [6.45, 7) is 12.9. The van der Waals surface area contributed by atoms with Crippen LogP contribution < -0.4 is 0 Å². The first-order valence-corrected chi connectivity index (χ1v) is 6.90. The van der Waals surface area contributed by atoms with E-state index in [9.17, 15) is 0 Å². The molecule has 2 unspecified atom stereocenters. The highest BCUT2D eigenvalue weighted by Crippen LogP contribution is 2.27. The number of rotatable bonds is 6. The molecule has 0 heteroatoms. The van der Waals surface area contributed by atoms with E-state index in [4.69, 9.17) is 0 Å². The Balaban J connectivity index is 2.63. The third kappa shape index (κ3) is 4.52. The van der Waals surface area contributed by atoms with Crippen molar-refractivity contribution in [3.8, 4) is 0 Å². The quantitative estimate of drug-likeness (QED) is 0.560. The molecule has 0 aliphatic carbocycles. The lowest BCUT2D eigenvalue weighted by atomic mass is 9.87. The van der Waals surface area contributed by atoms with E-state index in [1.54, 1.807) is 0 Å². The third-order valence-corrected chi connectivity index (χ3v) is 3.66. The van der Waals surface area contributed by atoms with Crippen LogP contribution in [0.2, 0.25) is 0 Å². The van der Waals surface area contributed by atoms with Crippen LogP contribution in [0.25, 0.3) is 5.57 Å². The summed E-state index contributed by atoms with van der Waals surface area (Å²) < 4.78 is 0. The fourth-order valence-corrected chi connectivity index (χ4v) is 2.32. The van der Waals surface area contributed by atoms with Gasteiger partial charge in [-0.1, -0.05) is 62.4 Å². The van der Waals surface area contributed by atoms with E-state index in [2.05, 4.69) is 70.7 Å². The van der Waals surface area contributed by atoms with Crippen LogP contribution in [0.4, 0.5) is 0 Å². The van der Waals surface area contributed by atoms with Crippen molar-refractivity contribution in [2.24, 2.45) is 11.8 Å². The summed E-state index contributed by atoms with van der Waals surface area (Å²) in [4.78, 5) is 0. The molecule has 98 valence electrons. The van der Waals surface area contributed by atoms with Crippen molar-refractivity contribution in [3.63, 3.8) is 0 Å². The van der Waals surface area contributed by atoms with Gasteiger partial charge < -0.3 is 0 Å². The Bertz CT molecular complexity index is 397. The Kier molecular flexibility index (Phi) is 5.91. The fourth-order valence-electron chi connectivity index (χ4n) is 2.32. The van der Waals surface area contributed by atoms with Gasteiger partial charge in [0.05, 0.1) is 0 Å². The Labute approximate surface area is 112 Å². The first kappa shape index (κ1) is 14.8. The fraction of sp³-hybridized carbons (Fsp3) is 0.444. The molecule has 0 amide bonds. The van der Waals surface area contributed by atoms with E-state index in [1.807, 2.05) is 0 Å². The van der Waals surface area contributed by atoms with Crippen LogP contribution in [0.15, 0.2) is 48.6 Å². The van der Waals surface area contributed by atoms with E-state index in [1.165, 1.54) is 23.1 Å². The molecule has 0 N–H and O–H groups in total. The van der Waals surface area contributed by atoms with Gasteiger partial charge in [0, 0.05) is 0 Å². The van der Waals surface area contributed by atoms with Crippen LogP contribution in [0, 0.1) is 11.8 Å². The minimum absolute atomic E-state index is 0.619. The largest absolute Gasteiger partial charge is 0.0999 e. The van der Waals surface area contributed by atoms with E-state index < -0.39 is 0 Å². The van der Waals surface area contributed by atoms with Gasteiger partial charge in [-0.3, -0.25) is 0 Å². The second kappa shape index (κ2) is 7.20. The summed E-state index contributed by atoms with van der Waals surface area (Å²) in [6.07, 6.45) is 4.62. The number of hydrogen-bond acceptors (Lipinski definition) is 0. The van der Waals surface area contributed by atoms with Gasteiger partial charge in [0.2, 0.25) is 0 Å². The molecule has 1 rings (SSSR count). The summed E-state index contributed by atoms with van der Waals surface area (Å²) in [7, 11) is 0. The average molecular weight is 242 g/mol. The summed E-state index contributed by atoms with van der Waals surface area (Å²) in [6, 6.07) is 10.7. The highest BCUT2D eigenvalue weighted by Gasteiger charge is 2.11. The van der Waals surface area contributed by atoms with Crippen molar-refractivity contribution in [1.29, 1.82) is 0 Å². The molecule has 0 radical (unpaired) electrons. The van der Waals surface area contributed by atoms with E-state index in [0.29, 0.717) is 11.8 Å². The lowest BCUT2D eigenvalue weighted by molar-refractivity contribution is 0.462. The third-order valence-electron chi connectivity index (χ3n) is 3.66. The number of benzene rings is 1. The molecule has 2 atom stereocenters. The highest BCUT2D eigenvalue weighted by molar-refractivity contribution is 5.65. The monoisotopic (exact) mass is 242 g/mol. The first-order valence-electron chi connectivity index (χ1n) is 6.90. The molecule has 1 aromatic carbocycles. The van der Waals surface area contributed by atoms with Gasteiger partial charge in [-0.2, -0.15) is 0 Å². The standard InChI is InChI=1S/C18H26/c1-6-17(18-10-8-7-9-11-18)13-15(4)12-16(5)14(2)3/h6-11,15-16H,2,12-13H2,1,3-5H3/b17-6+. The molecular formula is C18H26. The van der Waals surface area contributed by atoms with Gasteiger partial charge in [0.15, 0.2) is 0 Å². The molecule has 0 nitrogen and oxygen atoms in total. The van der Waals surface area contributed by atoms with Crippen molar-refractivity contribution in [1.82, 2.24) is 0 Å². The molecule has 1 aromatic rings. The van der Waals surface area contributed by atoms with Gasteiger partial charge in [0.25, 0.3) is 0 Å². The maximum absolute atomic E-state index is 4.05. The van der Waals surface area contributed by atoms with Crippen molar-refractivity contribution < 1.29 is 0 Å². The van der Waals surface area contributed by atoms with Crippen molar-refractivity contribution in [3.05, 3.63) is 54.1 Å². The van der Waals surface area contributed by atoms with Crippen LogP contribution in [0.1, 0.15) is 46.1 Å². The Morgan fingerprint density at radius 3 is 2.33 bits per heavy atom. The van der Waals surface area contributed by atoms with Crippen molar-refractivity contribution in [2.75, 3.05) is 0 Å². The minimum Gasteiger partial charge on any atom is -0.0999 e. The van der Waals surface area contributed by atoms with Crippen LogP contribution >= 0.6 is 0 Å². The van der Waals surface area contributed by atoms with Crippen LogP contribution in [-0.4, -0.2) is 0 Å². The topological polar surface area (TPSA) is 0 Å². The van der Waals surface area contributed by atoms with Crippen molar-refractivity contribution >= 4 is 5.57 Å². The van der Waals surface area contributed by atoms with Gasteiger partial charge in [-0.05, 0) is 49.7 Å². The Morgan fingerprint density at radius 1 is 1.22 bits per heavy atom. The van der Waals surface area contributed by atoms with Crippen LogP contribution in [-0.2, 0) is 0 Å². The van der Waals surface area contributed by atoms with Crippen LogP contribution in [0.3, 0.4) is 0 Å². The predicted octanol–water partition coefficient (Wildman–Crippen LogP) is 5.72. The second-order valence-electron chi connectivity index (χ2n) is 5.47. The summed E-state index contributed by atoms with van der Waals surface area (Å²) in [5.74, 6) is 1.32. The molecule has 0 aromatic heterocycles. The summed E-state index contributed by atoms with van der Waals surface area (Å²) >= 11 is 0. The molecular weight excluding hydrogens is 216 g/mol. The van der Waals surface area contributed by atoms with Gasteiger partial charge in [0.1, 0.15) is 0 Å². The average Bonchev–Trinajstić information content (AvgIpc) is 2.36. The zero-order valence-electron chi connectivity index (χ0n) is 12.2. The normalized spacial score (nSPS) is 15.2. The lowest BCUT2D eigenvalue weighted by Gasteiger charge is -2.19. The van der Waals surface area contributed by atoms with Gasteiger partial charge in [-0.15, -0.1) is 0 Å². The molecule has 0 spiro atoms. The number of allylic oxidation sites excluding steroid dienone is 3. The van der Waals surface area contributed by atoms with Crippen molar-refractivity contribution in [2.45, 2.75) is 40.5 Å². The Hall–Kier alpha value is -1.30. The first-order chi connectivity index (χ1) is 8.54. The van der Waals surface area contributed by atoms with E-state index >= 15 is 0 Å². The molecule has 0 saturated carbocycles.